The molecule has 1 saturated heterocycles. The molecular weight excluding hydrogens is 278 g/mol. The zero-order valence-corrected chi connectivity index (χ0v) is 12.6. The van der Waals surface area contributed by atoms with Gasteiger partial charge in [-0.1, -0.05) is 12.2 Å². The lowest BCUT2D eigenvalue weighted by Crippen LogP contribution is -2.46. The minimum atomic E-state index is -0.530. The van der Waals surface area contributed by atoms with Gasteiger partial charge in [-0.3, -0.25) is 14.6 Å². The van der Waals surface area contributed by atoms with E-state index in [-0.39, 0.29) is 11.3 Å². The Morgan fingerprint density at radius 2 is 2.09 bits per heavy atom. The van der Waals surface area contributed by atoms with E-state index in [9.17, 15) is 9.59 Å². The van der Waals surface area contributed by atoms with Gasteiger partial charge in [0.05, 0.1) is 5.56 Å². The maximum atomic E-state index is 12.6. The van der Waals surface area contributed by atoms with Gasteiger partial charge in [-0.25, -0.2) is 0 Å². The minimum Gasteiger partial charge on any atom is -0.366 e. The second-order valence-electron chi connectivity index (χ2n) is 6.34. The zero-order chi connectivity index (χ0) is 15.6. The first-order chi connectivity index (χ1) is 10.6. The van der Waals surface area contributed by atoms with Gasteiger partial charge in [-0.15, -0.1) is 0 Å². The molecule has 1 aromatic rings. The number of primary amides is 1. The van der Waals surface area contributed by atoms with Gasteiger partial charge in [0.2, 0.25) is 5.91 Å². The van der Waals surface area contributed by atoms with E-state index in [0.717, 1.165) is 38.8 Å². The van der Waals surface area contributed by atoms with Crippen molar-refractivity contribution in [2.24, 2.45) is 11.1 Å². The monoisotopic (exact) mass is 299 g/mol. The molecule has 1 spiro atoms. The summed E-state index contributed by atoms with van der Waals surface area (Å²) in [6, 6.07) is 3.15. The Hall–Kier alpha value is -2.17. The Kier molecular flexibility index (Phi) is 3.96. The van der Waals surface area contributed by atoms with Crippen molar-refractivity contribution < 1.29 is 9.59 Å². The maximum Gasteiger partial charge on any atom is 0.272 e. The average molecular weight is 299 g/mol. The third-order valence-electron chi connectivity index (χ3n) is 4.77. The molecule has 22 heavy (non-hydrogen) atoms. The number of amides is 2. The highest BCUT2D eigenvalue weighted by Gasteiger charge is 2.37. The quantitative estimate of drug-likeness (QED) is 0.850. The fourth-order valence-corrected chi connectivity index (χ4v) is 3.52. The largest absolute Gasteiger partial charge is 0.366 e. The lowest BCUT2D eigenvalue weighted by molar-refractivity contribution is 0.0479. The Morgan fingerprint density at radius 1 is 1.23 bits per heavy atom. The Morgan fingerprint density at radius 3 is 2.73 bits per heavy atom. The molecule has 1 atom stereocenters. The number of rotatable bonds is 2. The molecule has 3 rings (SSSR count). The molecule has 1 unspecified atom stereocenters. The average Bonchev–Trinajstić information content (AvgIpc) is 2.55. The summed E-state index contributed by atoms with van der Waals surface area (Å²) in [5.41, 5.74) is 6.15. The smallest absolute Gasteiger partial charge is 0.272 e. The molecule has 2 N–H and O–H groups in total. The van der Waals surface area contributed by atoms with Crippen LogP contribution in [0.25, 0.3) is 0 Å². The van der Waals surface area contributed by atoms with E-state index >= 15 is 0 Å². The first-order valence-corrected chi connectivity index (χ1v) is 7.80. The number of carbonyl (C=O) groups is 2. The van der Waals surface area contributed by atoms with E-state index in [1.165, 1.54) is 12.6 Å². The van der Waals surface area contributed by atoms with Crippen LogP contribution in [0.15, 0.2) is 30.5 Å². The van der Waals surface area contributed by atoms with Gasteiger partial charge in [-0.05, 0) is 49.7 Å². The van der Waals surface area contributed by atoms with Crippen LogP contribution in [-0.2, 0) is 0 Å². The van der Waals surface area contributed by atoms with Crippen molar-refractivity contribution in [3.05, 3.63) is 41.7 Å². The van der Waals surface area contributed by atoms with E-state index in [1.54, 1.807) is 12.1 Å². The van der Waals surface area contributed by atoms with Crippen LogP contribution >= 0.6 is 0 Å². The predicted octanol–water partition coefficient (Wildman–Crippen LogP) is 2.14. The molecule has 1 fully saturated rings. The number of hydrogen-bond acceptors (Lipinski definition) is 3. The SMILES string of the molecule is NC(=O)c1ccc(C(=O)N2CCCC3(CC=CCC3)C2)nc1. The van der Waals surface area contributed by atoms with Crippen molar-refractivity contribution >= 4 is 11.8 Å². The number of carbonyl (C=O) groups excluding carboxylic acids is 2. The maximum absolute atomic E-state index is 12.6. The minimum absolute atomic E-state index is 0.0513. The van der Waals surface area contributed by atoms with E-state index in [1.807, 2.05) is 4.90 Å². The highest BCUT2D eigenvalue weighted by atomic mass is 16.2. The first kappa shape index (κ1) is 14.8. The van der Waals surface area contributed by atoms with Gasteiger partial charge >= 0.3 is 0 Å². The third kappa shape index (κ3) is 2.89. The molecule has 0 radical (unpaired) electrons. The molecular formula is C17H21N3O2. The number of likely N-dealkylation sites (tertiary alicyclic amines) is 1. The normalized spacial score (nSPS) is 24.5. The number of aromatic nitrogens is 1. The second-order valence-corrected chi connectivity index (χ2v) is 6.34. The van der Waals surface area contributed by atoms with Gasteiger partial charge < -0.3 is 10.6 Å². The first-order valence-electron chi connectivity index (χ1n) is 7.80. The van der Waals surface area contributed by atoms with Crippen molar-refractivity contribution in [2.45, 2.75) is 32.1 Å². The number of nitrogens with two attached hydrogens (primary N) is 1. The number of allylic oxidation sites excluding steroid dienone is 2. The molecule has 1 aliphatic heterocycles. The van der Waals surface area contributed by atoms with E-state index in [0.29, 0.717) is 11.3 Å². The van der Waals surface area contributed by atoms with Crippen LogP contribution in [0.5, 0.6) is 0 Å². The summed E-state index contributed by atoms with van der Waals surface area (Å²) >= 11 is 0. The number of pyridine rings is 1. The topological polar surface area (TPSA) is 76.3 Å². The summed E-state index contributed by atoms with van der Waals surface area (Å²) in [5.74, 6) is -0.581. The molecule has 0 aromatic carbocycles. The fourth-order valence-electron chi connectivity index (χ4n) is 3.52. The lowest BCUT2D eigenvalue weighted by atomic mass is 9.71. The van der Waals surface area contributed by atoms with Gasteiger partial charge in [0.1, 0.15) is 5.69 Å². The third-order valence-corrected chi connectivity index (χ3v) is 4.77. The van der Waals surface area contributed by atoms with Crippen molar-refractivity contribution in [3.8, 4) is 0 Å². The highest BCUT2D eigenvalue weighted by Crippen LogP contribution is 2.40. The second kappa shape index (κ2) is 5.91. The Labute approximate surface area is 130 Å². The Balaban J connectivity index is 1.74. The van der Waals surface area contributed by atoms with Crippen LogP contribution in [-0.4, -0.2) is 34.8 Å². The van der Waals surface area contributed by atoms with Crippen LogP contribution in [0.1, 0.15) is 53.0 Å². The molecule has 2 heterocycles. The van der Waals surface area contributed by atoms with Crippen molar-refractivity contribution in [3.63, 3.8) is 0 Å². The summed E-state index contributed by atoms with van der Waals surface area (Å²) in [4.78, 5) is 29.7. The van der Waals surface area contributed by atoms with Gasteiger partial charge in [0, 0.05) is 19.3 Å². The zero-order valence-electron chi connectivity index (χ0n) is 12.6. The van der Waals surface area contributed by atoms with Crippen molar-refractivity contribution in [1.29, 1.82) is 0 Å². The molecule has 2 amide bonds. The number of nitrogens with zero attached hydrogens (tertiary/aromatic N) is 2. The Bertz CT molecular complexity index is 609. The fraction of sp³-hybridized carbons (Fsp3) is 0.471. The molecule has 0 saturated carbocycles. The number of hydrogen-bond donors (Lipinski definition) is 1. The lowest BCUT2D eigenvalue weighted by Gasteiger charge is -2.43. The number of piperidine rings is 1. The van der Waals surface area contributed by atoms with E-state index in [4.69, 9.17) is 5.73 Å². The summed E-state index contributed by atoms with van der Waals surface area (Å²) in [6.45, 7) is 1.58. The molecule has 5 heteroatoms. The van der Waals surface area contributed by atoms with E-state index in [2.05, 4.69) is 17.1 Å². The van der Waals surface area contributed by atoms with Gasteiger partial charge in [0.25, 0.3) is 5.91 Å². The van der Waals surface area contributed by atoms with Crippen LogP contribution in [0.3, 0.4) is 0 Å². The summed E-state index contributed by atoms with van der Waals surface area (Å²) in [6.07, 6.45) is 11.4. The molecule has 1 aromatic heterocycles. The van der Waals surface area contributed by atoms with Crippen LogP contribution in [0, 0.1) is 5.41 Å². The van der Waals surface area contributed by atoms with Gasteiger partial charge in [-0.2, -0.15) is 0 Å². The van der Waals surface area contributed by atoms with Crippen LogP contribution < -0.4 is 5.73 Å². The standard InChI is InChI=1S/C17H21N3O2/c18-15(21)13-5-6-14(19-11-13)16(22)20-10-4-9-17(12-20)7-2-1-3-8-17/h1-2,5-6,11H,3-4,7-10,12H2,(H2,18,21). The van der Waals surface area contributed by atoms with Crippen molar-refractivity contribution in [2.75, 3.05) is 13.1 Å². The highest BCUT2D eigenvalue weighted by molar-refractivity contribution is 5.95. The summed E-state index contributed by atoms with van der Waals surface area (Å²) < 4.78 is 0. The van der Waals surface area contributed by atoms with Gasteiger partial charge in [0.15, 0.2) is 0 Å². The summed E-state index contributed by atoms with van der Waals surface area (Å²) in [5, 5.41) is 0. The van der Waals surface area contributed by atoms with Crippen LogP contribution in [0.4, 0.5) is 0 Å². The molecule has 116 valence electrons. The summed E-state index contributed by atoms with van der Waals surface area (Å²) in [7, 11) is 0. The molecule has 2 aliphatic rings. The van der Waals surface area contributed by atoms with Crippen molar-refractivity contribution in [1.82, 2.24) is 9.88 Å². The van der Waals surface area contributed by atoms with E-state index < -0.39 is 5.91 Å². The molecule has 1 aliphatic carbocycles. The van der Waals surface area contributed by atoms with Crippen LogP contribution in [0.2, 0.25) is 0 Å². The molecule has 0 bridgehead atoms. The predicted molar refractivity (Wildman–Crippen MR) is 83.3 cm³/mol. The molecule has 5 nitrogen and oxygen atoms in total.